The summed E-state index contributed by atoms with van der Waals surface area (Å²) >= 11 is 0. The highest BCUT2D eigenvalue weighted by molar-refractivity contribution is 5.97. The van der Waals surface area contributed by atoms with Crippen molar-refractivity contribution >= 4 is 11.7 Å². The Kier molecular flexibility index (Phi) is 4.80. The van der Waals surface area contributed by atoms with Crippen LogP contribution in [0.2, 0.25) is 0 Å². The van der Waals surface area contributed by atoms with E-state index in [1.54, 1.807) is 18.0 Å². The van der Waals surface area contributed by atoms with Gasteiger partial charge in [0, 0.05) is 25.8 Å². The molecule has 114 valence electrons. The van der Waals surface area contributed by atoms with E-state index < -0.39 is 0 Å². The summed E-state index contributed by atoms with van der Waals surface area (Å²) in [6.45, 7) is 3.06. The van der Waals surface area contributed by atoms with Crippen LogP contribution in [-0.4, -0.2) is 41.6 Å². The van der Waals surface area contributed by atoms with E-state index in [0.717, 1.165) is 12.0 Å². The zero-order valence-corrected chi connectivity index (χ0v) is 12.3. The molecule has 0 spiro atoms. The molecule has 1 aliphatic heterocycles. The molecule has 1 heterocycles. The standard InChI is InChI=1S/C15H21N3O3/c1-10-13(6-7-21-10)15(19)18(2)9-11-4-3-5-12(8-11)14(16)17-20/h3-5,8,10,13,20H,6-7,9H2,1-2H3,(H2,16,17). The summed E-state index contributed by atoms with van der Waals surface area (Å²) in [7, 11) is 1.78. The van der Waals surface area contributed by atoms with Gasteiger partial charge in [-0.2, -0.15) is 0 Å². The number of amidine groups is 1. The number of ether oxygens (including phenoxy) is 1. The lowest BCUT2D eigenvalue weighted by Crippen LogP contribution is -2.35. The lowest BCUT2D eigenvalue weighted by Gasteiger charge is -2.23. The quantitative estimate of drug-likeness (QED) is 0.377. The van der Waals surface area contributed by atoms with Crippen molar-refractivity contribution in [1.29, 1.82) is 0 Å². The summed E-state index contributed by atoms with van der Waals surface area (Å²) in [5, 5.41) is 11.7. The van der Waals surface area contributed by atoms with E-state index in [4.69, 9.17) is 15.7 Å². The zero-order chi connectivity index (χ0) is 15.4. The van der Waals surface area contributed by atoms with Crippen LogP contribution in [-0.2, 0) is 16.1 Å². The molecule has 0 aromatic heterocycles. The van der Waals surface area contributed by atoms with Gasteiger partial charge in [0.1, 0.15) is 0 Å². The van der Waals surface area contributed by atoms with Gasteiger partial charge in [-0.05, 0) is 25.0 Å². The first-order valence-corrected chi connectivity index (χ1v) is 6.96. The van der Waals surface area contributed by atoms with Crippen molar-refractivity contribution in [3.05, 3.63) is 35.4 Å². The number of nitrogens with two attached hydrogens (primary N) is 1. The van der Waals surface area contributed by atoms with Crippen molar-refractivity contribution in [2.75, 3.05) is 13.7 Å². The highest BCUT2D eigenvalue weighted by Gasteiger charge is 2.32. The molecule has 0 aliphatic carbocycles. The summed E-state index contributed by atoms with van der Waals surface area (Å²) in [6.07, 6.45) is 0.748. The predicted molar refractivity (Wildman–Crippen MR) is 78.9 cm³/mol. The normalized spacial score (nSPS) is 22.3. The lowest BCUT2D eigenvalue weighted by atomic mass is 10.0. The van der Waals surface area contributed by atoms with E-state index in [0.29, 0.717) is 18.7 Å². The molecule has 6 nitrogen and oxygen atoms in total. The average molecular weight is 291 g/mol. The van der Waals surface area contributed by atoms with Crippen molar-refractivity contribution in [3.8, 4) is 0 Å². The molecule has 1 aliphatic rings. The number of benzene rings is 1. The third kappa shape index (κ3) is 3.52. The van der Waals surface area contributed by atoms with Gasteiger partial charge in [0.2, 0.25) is 5.91 Å². The van der Waals surface area contributed by atoms with E-state index >= 15 is 0 Å². The number of amides is 1. The van der Waals surface area contributed by atoms with Crippen molar-refractivity contribution in [3.63, 3.8) is 0 Å². The van der Waals surface area contributed by atoms with Gasteiger partial charge in [-0.1, -0.05) is 23.4 Å². The molecular formula is C15H21N3O3. The van der Waals surface area contributed by atoms with E-state index in [-0.39, 0.29) is 23.8 Å². The second-order valence-electron chi connectivity index (χ2n) is 5.35. The van der Waals surface area contributed by atoms with Crippen molar-refractivity contribution < 1.29 is 14.7 Å². The maximum absolute atomic E-state index is 12.4. The Morgan fingerprint density at radius 2 is 2.33 bits per heavy atom. The van der Waals surface area contributed by atoms with Crippen LogP contribution in [0.4, 0.5) is 0 Å². The van der Waals surface area contributed by atoms with Crippen LogP contribution in [0.15, 0.2) is 29.4 Å². The van der Waals surface area contributed by atoms with Crippen LogP contribution >= 0.6 is 0 Å². The predicted octanol–water partition coefficient (Wildman–Crippen LogP) is 1.16. The molecular weight excluding hydrogens is 270 g/mol. The highest BCUT2D eigenvalue weighted by atomic mass is 16.5. The number of hydrogen-bond donors (Lipinski definition) is 2. The first kappa shape index (κ1) is 15.3. The Morgan fingerprint density at radius 3 is 2.95 bits per heavy atom. The van der Waals surface area contributed by atoms with Gasteiger partial charge >= 0.3 is 0 Å². The lowest BCUT2D eigenvalue weighted by molar-refractivity contribution is -0.136. The average Bonchev–Trinajstić information content (AvgIpc) is 2.92. The Balaban J connectivity index is 2.05. The second kappa shape index (κ2) is 6.58. The van der Waals surface area contributed by atoms with Gasteiger partial charge in [0.25, 0.3) is 0 Å². The maximum Gasteiger partial charge on any atom is 0.228 e. The molecule has 1 aromatic carbocycles. The molecule has 1 saturated heterocycles. The van der Waals surface area contributed by atoms with Crippen molar-refractivity contribution in [2.24, 2.45) is 16.8 Å². The second-order valence-corrected chi connectivity index (χ2v) is 5.35. The fraction of sp³-hybridized carbons (Fsp3) is 0.467. The monoisotopic (exact) mass is 291 g/mol. The summed E-state index contributed by atoms with van der Waals surface area (Å²) in [5.74, 6) is 0.0834. The number of carbonyl (C=O) groups excluding carboxylic acids is 1. The Labute approximate surface area is 124 Å². The minimum atomic E-state index is -0.0674. The van der Waals surface area contributed by atoms with E-state index in [1.165, 1.54) is 0 Å². The van der Waals surface area contributed by atoms with Gasteiger partial charge < -0.3 is 20.6 Å². The molecule has 21 heavy (non-hydrogen) atoms. The molecule has 1 fully saturated rings. The van der Waals surface area contributed by atoms with Gasteiger partial charge in [-0.15, -0.1) is 0 Å². The number of carbonyl (C=O) groups is 1. The smallest absolute Gasteiger partial charge is 0.228 e. The van der Waals surface area contributed by atoms with Crippen LogP contribution in [0.3, 0.4) is 0 Å². The molecule has 6 heteroatoms. The summed E-state index contributed by atoms with van der Waals surface area (Å²) < 4.78 is 5.44. The van der Waals surface area contributed by atoms with Crippen molar-refractivity contribution in [1.82, 2.24) is 4.90 Å². The van der Waals surface area contributed by atoms with Crippen LogP contribution < -0.4 is 5.73 Å². The molecule has 0 bridgehead atoms. The summed E-state index contributed by atoms with van der Waals surface area (Å²) in [5.41, 5.74) is 7.14. The maximum atomic E-state index is 12.4. The van der Waals surface area contributed by atoms with Crippen molar-refractivity contribution in [2.45, 2.75) is 26.0 Å². The van der Waals surface area contributed by atoms with Crippen LogP contribution in [0.25, 0.3) is 0 Å². The summed E-state index contributed by atoms with van der Waals surface area (Å²) in [4.78, 5) is 14.1. The fourth-order valence-corrected chi connectivity index (χ4v) is 2.58. The first-order valence-electron chi connectivity index (χ1n) is 6.96. The Bertz CT molecular complexity index is 545. The molecule has 3 N–H and O–H groups in total. The summed E-state index contributed by atoms with van der Waals surface area (Å²) in [6, 6.07) is 7.30. The van der Waals surface area contributed by atoms with Crippen LogP contribution in [0, 0.1) is 5.92 Å². The SMILES string of the molecule is CC1OCCC1C(=O)N(C)Cc1cccc(C(N)=NO)c1. The van der Waals surface area contributed by atoms with Crippen LogP contribution in [0.1, 0.15) is 24.5 Å². The Morgan fingerprint density at radius 1 is 1.57 bits per heavy atom. The third-order valence-electron chi connectivity index (χ3n) is 3.82. The van der Waals surface area contributed by atoms with Gasteiger partial charge in [0.15, 0.2) is 5.84 Å². The number of oxime groups is 1. The third-order valence-corrected chi connectivity index (χ3v) is 3.82. The molecule has 2 rings (SSSR count). The van der Waals surface area contributed by atoms with Crippen LogP contribution in [0.5, 0.6) is 0 Å². The number of hydrogen-bond acceptors (Lipinski definition) is 4. The van der Waals surface area contributed by atoms with E-state index in [2.05, 4.69) is 5.16 Å². The van der Waals surface area contributed by atoms with E-state index in [1.807, 2.05) is 25.1 Å². The molecule has 0 radical (unpaired) electrons. The minimum absolute atomic E-state index is 0.0246. The van der Waals surface area contributed by atoms with Gasteiger partial charge in [-0.3, -0.25) is 4.79 Å². The van der Waals surface area contributed by atoms with Gasteiger partial charge in [-0.25, -0.2) is 0 Å². The highest BCUT2D eigenvalue weighted by Crippen LogP contribution is 2.23. The fourth-order valence-electron chi connectivity index (χ4n) is 2.58. The minimum Gasteiger partial charge on any atom is -0.409 e. The molecule has 0 saturated carbocycles. The molecule has 2 unspecified atom stereocenters. The number of rotatable bonds is 4. The molecule has 1 amide bonds. The topological polar surface area (TPSA) is 88.2 Å². The molecule has 1 aromatic rings. The number of nitrogens with zero attached hydrogens (tertiary/aromatic N) is 2. The Hall–Kier alpha value is -2.08. The van der Waals surface area contributed by atoms with Gasteiger partial charge in [0.05, 0.1) is 12.0 Å². The first-order chi connectivity index (χ1) is 10.0. The largest absolute Gasteiger partial charge is 0.409 e. The van der Waals surface area contributed by atoms with E-state index in [9.17, 15) is 4.79 Å². The zero-order valence-electron chi connectivity index (χ0n) is 12.3. The molecule has 2 atom stereocenters.